The summed E-state index contributed by atoms with van der Waals surface area (Å²) in [6.07, 6.45) is 18.0. The highest BCUT2D eigenvalue weighted by Crippen LogP contribution is 2.18. The SMILES string of the molecule is Clc1cc(NCCCNC2CCCCC2)nc(CCCCNC2CCCCC2)n1. The summed E-state index contributed by atoms with van der Waals surface area (Å²) in [5.74, 6) is 1.72. The normalized spacial score (nSPS) is 18.8. The summed E-state index contributed by atoms with van der Waals surface area (Å²) < 4.78 is 0. The molecule has 0 saturated heterocycles. The molecule has 3 N–H and O–H groups in total. The molecule has 2 fully saturated rings. The van der Waals surface area contributed by atoms with Crippen molar-refractivity contribution in [2.75, 3.05) is 25.0 Å². The molecule has 0 radical (unpaired) electrons. The second kappa shape index (κ2) is 13.4. The highest BCUT2D eigenvalue weighted by Gasteiger charge is 2.13. The number of anilines is 1. The third-order valence-corrected chi connectivity index (χ3v) is 6.50. The molecule has 0 amide bonds. The lowest BCUT2D eigenvalue weighted by molar-refractivity contribution is 0.371. The van der Waals surface area contributed by atoms with E-state index in [9.17, 15) is 0 Å². The summed E-state index contributed by atoms with van der Waals surface area (Å²) in [7, 11) is 0. The fourth-order valence-corrected chi connectivity index (χ4v) is 4.81. The quantitative estimate of drug-likeness (QED) is 0.323. The smallest absolute Gasteiger partial charge is 0.134 e. The van der Waals surface area contributed by atoms with Gasteiger partial charge in [-0.2, -0.15) is 0 Å². The number of hydrogen-bond donors (Lipinski definition) is 3. The number of nitrogens with zero attached hydrogens (tertiary/aromatic N) is 2. The van der Waals surface area contributed by atoms with Gasteiger partial charge in [-0.15, -0.1) is 0 Å². The minimum atomic E-state index is 0.540. The van der Waals surface area contributed by atoms with Crippen molar-refractivity contribution in [2.24, 2.45) is 0 Å². The zero-order valence-electron chi connectivity index (χ0n) is 18.0. The van der Waals surface area contributed by atoms with Crippen LogP contribution in [-0.2, 0) is 6.42 Å². The summed E-state index contributed by atoms with van der Waals surface area (Å²) in [5.41, 5.74) is 0. The molecule has 1 aromatic rings. The number of rotatable bonds is 12. The zero-order valence-corrected chi connectivity index (χ0v) is 18.8. The van der Waals surface area contributed by atoms with Gasteiger partial charge in [-0.25, -0.2) is 9.97 Å². The summed E-state index contributed by atoms with van der Waals surface area (Å²) in [6.45, 7) is 3.08. The Morgan fingerprint density at radius 1 is 0.759 bits per heavy atom. The molecular formula is C23H40ClN5. The van der Waals surface area contributed by atoms with Gasteiger partial charge in [0, 0.05) is 31.1 Å². The predicted octanol–water partition coefficient (Wildman–Crippen LogP) is 5.10. The number of aryl methyl sites for hydroxylation is 1. The minimum Gasteiger partial charge on any atom is -0.370 e. The molecule has 3 rings (SSSR count). The lowest BCUT2D eigenvalue weighted by Crippen LogP contribution is -2.32. The van der Waals surface area contributed by atoms with E-state index in [1.165, 1.54) is 70.6 Å². The number of halogens is 1. The Bertz CT molecular complexity index is 524. The summed E-state index contributed by atoms with van der Waals surface area (Å²) >= 11 is 6.22. The first-order chi connectivity index (χ1) is 14.3. The molecule has 2 aliphatic rings. The highest BCUT2D eigenvalue weighted by atomic mass is 35.5. The molecule has 2 aliphatic carbocycles. The molecule has 0 atom stereocenters. The minimum absolute atomic E-state index is 0.540. The Hall–Kier alpha value is -0.910. The molecule has 164 valence electrons. The van der Waals surface area contributed by atoms with E-state index in [4.69, 9.17) is 11.6 Å². The van der Waals surface area contributed by atoms with E-state index in [0.717, 1.165) is 62.6 Å². The van der Waals surface area contributed by atoms with Crippen molar-refractivity contribution in [3.05, 3.63) is 17.0 Å². The average molecular weight is 422 g/mol. The van der Waals surface area contributed by atoms with E-state index >= 15 is 0 Å². The second-order valence-corrected chi connectivity index (χ2v) is 9.19. The first-order valence-corrected chi connectivity index (χ1v) is 12.4. The van der Waals surface area contributed by atoms with E-state index in [0.29, 0.717) is 5.15 Å². The molecule has 0 bridgehead atoms. The third-order valence-electron chi connectivity index (χ3n) is 6.30. The predicted molar refractivity (Wildman–Crippen MR) is 123 cm³/mol. The van der Waals surface area contributed by atoms with Crippen LogP contribution >= 0.6 is 11.6 Å². The Balaban J connectivity index is 1.28. The molecule has 0 aliphatic heterocycles. The van der Waals surface area contributed by atoms with Crippen molar-refractivity contribution in [2.45, 2.75) is 102 Å². The molecule has 0 unspecified atom stereocenters. The van der Waals surface area contributed by atoms with Crippen LogP contribution in [0.2, 0.25) is 5.15 Å². The number of nitrogens with one attached hydrogen (secondary N) is 3. The Morgan fingerprint density at radius 2 is 1.38 bits per heavy atom. The maximum atomic E-state index is 6.22. The highest BCUT2D eigenvalue weighted by molar-refractivity contribution is 6.29. The maximum absolute atomic E-state index is 6.22. The van der Waals surface area contributed by atoms with Crippen molar-refractivity contribution < 1.29 is 0 Å². The fourth-order valence-electron chi connectivity index (χ4n) is 4.61. The molecule has 0 aromatic carbocycles. The molecule has 6 heteroatoms. The van der Waals surface area contributed by atoms with Gasteiger partial charge in [0.15, 0.2) is 0 Å². The van der Waals surface area contributed by atoms with Crippen LogP contribution in [0.4, 0.5) is 5.82 Å². The van der Waals surface area contributed by atoms with Gasteiger partial charge in [0.2, 0.25) is 0 Å². The number of hydrogen-bond acceptors (Lipinski definition) is 5. The van der Waals surface area contributed by atoms with E-state index in [2.05, 4.69) is 25.9 Å². The number of aromatic nitrogens is 2. The molecule has 1 heterocycles. The van der Waals surface area contributed by atoms with Gasteiger partial charge in [0.1, 0.15) is 16.8 Å². The average Bonchev–Trinajstić information content (AvgIpc) is 2.74. The van der Waals surface area contributed by atoms with Gasteiger partial charge >= 0.3 is 0 Å². The lowest BCUT2D eigenvalue weighted by Gasteiger charge is -2.22. The fraction of sp³-hybridized carbons (Fsp3) is 0.826. The van der Waals surface area contributed by atoms with Crippen LogP contribution in [0, 0.1) is 0 Å². The maximum Gasteiger partial charge on any atom is 0.134 e. The van der Waals surface area contributed by atoms with Gasteiger partial charge in [-0.05, 0) is 58.0 Å². The lowest BCUT2D eigenvalue weighted by atomic mass is 9.95. The largest absolute Gasteiger partial charge is 0.370 e. The summed E-state index contributed by atoms with van der Waals surface area (Å²) in [6, 6.07) is 3.32. The third kappa shape index (κ3) is 9.18. The van der Waals surface area contributed by atoms with E-state index in [-0.39, 0.29) is 0 Å². The van der Waals surface area contributed by atoms with E-state index in [1.807, 2.05) is 6.07 Å². The summed E-state index contributed by atoms with van der Waals surface area (Å²) in [5, 5.41) is 11.4. The van der Waals surface area contributed by atoms with Crippen molar-refractivity contribution in [1.29, 1.82) is 0 Å². The van der Waals surface area contributed by atoms with E-state index in [1.54, 1.807) is 0 Å². The van der Waals surface area contributed by atoms with Crippen molar-refractivity contribution in [1.82, 2.24) is 20.6 Å². The van der Waals surface area contributed by atoms with Crippen LogP contribution in [0.3, 0.4) is 0 Å². The molecular weight excluding hydrogens is 382 g/mol. The zero-order chi connectivity index (χ0) is 20.2. The monoisotopic (exact) mass is 421 g/mol. The Morgan fingerprint density at radius 3 is 2.03 bits per heavy atom. The first kappa shape index (κ1) is 22.8. The van der Waals surface area contributed by atoms with Crippen LogP contribution in [0.5, 0.6) is 0 Å². The van der Waals surface area contributed by atoms with Crippen LogP contribution in [0.25, 0.3) is 0 Å². The second-order valence-electron chi connectivity index (χ2n) is 8.81. The van der Waals surface area contributed by atoms with Crippen molar-refractivity contribution in [3.8, 4) is 0 Å². The standard InChI is InChI=1S/C23H40ClN5/c24-21-18-23(27-17-9-16-26-20-12-5-2-6-13-20)29-22(28-21)14-7-8-15-25-19-10-3-1-4-11-19/h18-20,25-26H,1-17H2,(H,27,28,29). The van der Waals surface area contributed by atoms with Gasteiger partial charge < -0.3 is 16.0 Å². The molecule has 2 saturated carbocycles. The summed E-state index contributed by atoms with van der Waals surface area (Å²) in [4.78, 5) is 9.07. The molecule has 0 spiro atoms. The van der Waals surface area contributed by atoms with Crippen molar-refractivity contribution in [3.63, 3.8) is 0 Å². The van der Waals surface area contributed by atoms with Crippen molar-refractivity contribution >= 4 is 17.4 Å². The van der Waals surface area contributed by atoms with Gasteiger partial charge in [-0.3, -0.25) is 0 Å². The van der Waals surface area contributed by atoms with Crippen LogP contribution < -0.4 is 16.0 Å². The topological polar surface area (TPSA) is 61.9 Å². The molecule has 29 heavy (non-hydrogen) atoms. The van der Waals surface area contributed by atoms with Gasteiger partial charge in [0.05, 0.1) is 0 Å². The Kier molecular flexibility index (Phi) is 10.5. The van der Waals surface area contributed by atoms with Gasteiger partial charge in [0.25, 0.3) is 0 Å². The first-order valence-electron chi connectivity index (χ1n) is 12.0. The Labute approximate surface area is 182 Å². The molecule has 1 aromatic heterocycles. The number of unbranched alkanes of at least 4 members (excludes halogenated alkanes) is 1. The van der Waals surface area contributed by atoms with Crippen LogP contribution in [0.1, 0.15) is 89.3 Å². The molecule has 5 nitrogen and oxygen atoms in total. The van der Waals surface area contributed by atoms with E-state index < -0.39 is 0 Å². The van der Waals surface area contributed by atoms with Gasteiger partial charge in [-0.1, -0.05) is 50.1 Å². The van der Waals surface area contributed by atoms with Crippen LogP contribution in [-0.4, -0.2) is 41.7 Å². The van der Waals surface area contributed by atoms with Crippen LogP contribution in [0.15, 0.2) is 6.07 Å².